The number of amides is 1. The molecule has 0 radical (unpaired) electrons. The van der Waals surface area contributed by atoms with Crippen molar-refractivity contribution in [3.63, 3.8) is 0 Å². The molecule has 0 unspecified atom stereocenters. The Morgan fingerprint density at radius 3 is 2.37 bits per heavy atom. The minimum Gasteiger partial charge on any atom is -0.468 e. The fourth-order valence-electron chi connectivity index (χ4n) is 3.37. The van der Waals surface area contributed by atoms with Crippen LogP contribution < -0.4 is 5.32 Å². The molecule has 0 aliphatic carbocycles. The summed E-state index contributed by atoms with van der Waals surface area (Å²) in [5, 5.41) is 7.76. The van der Waals surface area contributed by atoms with E-state index in [0.717, 1.165) is 17.0 Å². The third-order valence-corrected chi connectivity index (χ3v) is 4.98. The number of furan rings is 1. The van der Waals surface area contributed by atoms with Crippen LogP contribution in [0.3, 0.4) is 0 Å². The highest BCUT2D eigenvalue weighted by molar-refractivity contribution is 5.99. The van der Waals surface area contributed by atoms with Gasteiger partial charge >= 0.3 is 0 Å². The number of carbonyl (C=O) groups is 1. The molecule has 6 nitrogen and oxygen atoms in total. The molecule has 152 valence electrons. The van der Waals surface area contributed by atoms with E-state index in [1.807, 2.05) is 91.8 Å². The Hall–Kier alpha value is -3.64. The Labute approximate surface area is 175 Å². The summed E-state index contributed by atoms with van der Waals surface area (Å²) in [6.45, 7) is 0.421. The molecule has 0 aliphatic heterocycles. The number of nitrogens with one attached hydrogen (secondary N) is 1. The van der Waals surface area contributed by atoms with Crippen LogP contribution in [0.4, 0.5) is 0 Å². The van der Waals surface area contributed by atoms with Gasteiger partial charge in [0.05, 0.1) is 23.6 Å². The average molecular weight is 400 g/mol. The van der Waals surface area contributed by atoms with Crippen molar-refractivity contribution in [2.75, 3.05) is 20.6 Å². The predicted octanol–water partition coefficient (Wildman–Crippen LogP) is 4.17. The Morgan fingerprint density at radius 2 is 1.73 bits per heavy atom. The van der Waals surface area contributed by atoms with Gasteiger partial charge in [0.25, 0.3) is 5.91 Å². The molecule has 0 bridgehead atoms. The van der Waals surface area contributed by atoms with Crippen molar-refractivity contribution >= 4 is 5.91 Å². The molecule has 2 heterocycles. The van der Waals surface area contributed by atoms with Crippen LogP contribution in [0.2, 0.25) is 0 Å². The van der Waals surface area contributed by atoms with Gasteiger partial charge < -0.3 is 9.73 Å². The van der Waals surface area contributed by atoms with Gasteiger partial charge in [-0.15, -0.1) is 0 Å². The highest BCUT2D eigenvalue weighted by Gasteiger charge is 2.22. The second-order valence-electron chi connectivity index (χ2n) is 7.24. The monoisotopic (exact) mass is 400 g/mol. The summed E-state index contributed by atoms with van der Waals surface area (Å²) in [5.74, 6) is 0.637. The molecular formula is C24H24N4O2. The van der Waals surface area contributed by atoms with Crippen molar-refractivity contribution in [2.45, 2.75) is 6.04 Å². The number of para-hydroxylation sites is 1. The summed E-state index contributed by atoms with van der Waals surface area (Å²) in [7, 11) is 3.92. The molecular weight excluding hydrogens is 376 g/mol. The van der Waals surface area contributed by atoms with Crippen LogP contribution in [0, 0.1) is 0 Å². The van der Waals surface area contributed by atoms with Gasteiger partial charge in [-0.2, -0.15) is 5.10 Å². The largest absolute Gasteiger partial charge is 0.468 e. The zero-order chi connectivity index (χ0) is 20.9. The molecule has 2 aromatic heterocycles. The molecule has 30 heavy (non-hydrogen) atoms. The van der Waals surface area contributed by atoms with E-state index in [9.17, 15) is 4.79 Å². The molecule has 1 N–H and O–H groups in total. The lowest BCUT2D eigenvalue weighted by molar-refractivity contribution is 0.0939. The molecule has 0 saturated heterocycles. The fraction of sp³-hybridized carbons (Fsp3) is 0.167. The minimum absolute atomic E-state index is 0.0618. The standard InChI is InChI=1S/C24H24N4O2/c1-27(2)21(22-14-9-15-30-22)16-25-24(29)20-17-28(19-12-7-4-8-13-19)26-23(20)18-10-5-3-6-11-18/h3-15,17,21H,16H2,1-2H3,(H,25,29)/t21-/m1/s1. The first-order chi connectivity index (χ1) is 14.6. The van der Waals surface area contributed by atoms with E-state index in [0.29, 0.717) is 17.8 Å². The zero-order valence-electron chi connectivity index (χ0n) is 17.0. The number of carbonyl (C=O) groups excluding carboxylic acids is 1. The van der Waals surface area contributed by atoms with Crippen molar-refractivity contribution in [1.82, 2.24) is 20.0 Å². The first-order valence-corrected chi connectivity index (χ1v) is 9.82. The van der Waals surface area contributed by atoms with Gasteiger partial charge in [0, 0.05) is 18.3 Å². The fourth-order valence-corrected chi connectivity index (χ4v) is 3.37. The number of likely N-dealkylation sites (N-methyl/N-ethyl adjacent to an activating group) is 1. The van der Waals surface area contributed by atoms with Crippen LogP contribution >= 0.6 is 0 Å². The van der Waals surface area contributed by atoms with Crippen LogP contribution in [-0.2, 0) is 0 Å². The van der Waals surface area contributed by atoms with E-state index in [1.165, 1.54) is 0 Å². The van der Waals surface area contributed by atoms with Crippen LogP contribution in [0.25, 0.3) is 16.9 Å². The smallest absolute Gasteiger partial charge is 0.255 e. The lowest BCUT2D eigenvalue weighted by Gasteiger charge is -2.22. The summed E-state index contributed by atoms with van der Waals surface area (Å²) in [5.41, 5.74) is 2.97. The summed E-state index contributed by atoms with van der Waals surface area (Å²) in [4.78, 5) is 15.2. The Kier molecular flexibility index (Phi) is 5.77. The van der Waals surface area contributed by atoms with Crippen molar-refractivity contribution in [3.05, 3.63) is 96.6 Å². The molecule has 4 aromatic rings. The van der Waals surface area contributed by atoms with Crippen LogP contribution in [0.15, 0.2) is 89.7 Å². The molecule has 0 aliphatic rings. The number of hydrogen-bond donors (Lipinski definition) is 1. The molecule has 1 amide bonds. The van der Waals surface area contributed by atoms with E-state index in [-0.39, 0.29) is 11.9 Å². The quantitative estimate of drug-likeness (QED) is 0.506. The van der Waals surface area contributed by atoms with Crippen LogP contribution in [0.1, 0.15) is 22.2 Å². The Morgan fingerprint density at radius 1 is 1.03 bits per heavy atom. The van der Waals surface area contributed by atoms with Crippen LogP contribution in [0.5, 0.6) is 0 Å². The second kappa shape index (κ2) is 8.80. The summed E-state index contributed by atoms with van der Waals surface area (Å²) < 4.78 is 7.28. The average Bonchev–Trinajstić information content (AvgIpc) is 3.45. The molecule has 0 saturated carbocycles. The lowest BCUT2D eigenvalue weighted by atomic mass is 10.1. The van der Waals surface area contributed by atoms with E-state index in [2.05, 4.69) is 5.32 Å². The lowest BCUT2D eigenvalue weighted by Crippen LogP contribution is -2.34. The van der Waals surface area contributed by atoms with Gasteiger partial charge in [-0.05, 0) is 38.4 Å². The Bertz CT molecular complexity index is 1090. The summed E-state index contributed by atoms with van der Waals surface area (Å²) in [6.07, 6.45) is 3.43. The van der Waals surface area contributed by atoms with E-state index < -0.39 is 0 Å². The number of hydrogen-bond acceptors (Lipinski definition) is 4. The molecule has 6 heteroatoms. The minimum atomic E-state index is -0.172. The zero-order valence-corrected chi connectivity index (χ0v) is 17.0. The van der Waals surface area contributed by atoms with Gasteiger partial charge in [-0.3, -0.25) is 9.69 Å². The maximum atomic E-state index is 13.2. The molecule has 1 atom stereocenters. The SMILES string of the molecule is CN(C)[C@H](CNC(=O)c1cn(-c2ccccc2)nc1-c1ccccc1)c1ccco1. The van der Waals surface area contributed by atoms with Crippen molar-refractivity contribution in [3.8, 4) is 16.9 Å². The van der Waals surface area contributed by atoms with Gasteiger partial charge in [-0.1, -0.05) is 48.5 Å². The summed E-state index contributed by atoms with van der Waals surface area (Å²) in [6, 6.07) is 23.2. The third kappa shape index (κ3) is 4.18. The third-order valence-electron chi connectivity index (χ3n) is 4.98. The van der Waals surface area contributed by atoms with E-state index in [4.69, 9.17) is 9.52 Å². The van der Waals surface area contributed by atoms with Crippen molar-refractivity contribution in [2.24, 2.45) is 0 Å². The molecule has 2 aromatic carbocycles. The molecule has 4 rings (SSSR count). The highest BCUT2D eigenvalue weighted by atomic mass is 16.3. The molecule has 0 spiro atoms. The normalized spacial score (nSPS) is 12.1. The van der Waals surface area contributed by atoms with Gasteiger partial charge in [0.2, 0.25) is 0 Å². The topological polar surface area (TPSA) is 63.3 Å². The number of benzene rings is 2. The molecule has 0 fully saturated rings. The number of nitrogens with zero attached hydrogens (tertiary/aromatic N) is 3. The maximum absolute atomic E-state index is 13.2. The van der Waals surface area contributed by atoms with Crippen LogP contribution in [-0.4, -0.2) is 41.2 Å². The predicted molar refractivity (Wildman–Crippen MR) is 116 cm³/mol. The maximum Gasteiger partial charge on any atom is 0.255 e. The number of aromatic nitrogens is 2. The first kappa shape index (κ1) is 19.7. The Balaban J connectivity index is 1.63. The first-order valence-electron chi connectivity index (χ1n) is 9.82. The van der Waals surface area contributed by atoms with Gasteiger partial charge in [0.15, 0.2) is 0 Å². The van der Waals surface area contributed by atoms with E-state index >= 15 is 0 Å². The van der Waals surface area contributed by atoms with Gasteiger partial charge in [-0.25, -0.2) is 4.68 Å². The number of rotatable bonds is 7. The summed E-state index contributed by atoms with van der Waals surface area (Å²) >= 11 is 0. The van der Waals surface area contributed by atoms with Crippen molar-refractivity contribution in [1.29, 1.82) is 0 Å². The van der Waals surface area contributed by atoms with Crippen molar-refractivity contribution < 1.29 is 9.21 Å². The van der Waals surface area contributed by atoms with E-state index in [1.54, 1.807) is 17.1 Å². The van der Waals surface area contributed by atoms with Gasteiger partial charge in [0.1, 0.15) is 11.5 Å². The second-order valence-corrected chi connectivity index (χ2v) is 7.24. The highest BCUT2D eigenvalue weighted by Crippen LogP contribution is 2.24.